The van der Waals surface area contributed by atoms with Crippen molar-refractivity contribution in [2.45, 2.75) is 82.6 Å². The van der Waals surface area contributed by atoms with E-state index in [9.17, 15) is 19.5 Å². The van der Waals surface area contributed by atoms with Crippen LogP contribution >= 0.6 is 23.2 Å². The molecule has 2 fully saturated rings. The molecule has 1 aliphatic carbocycles. The number of rotatable bonds is 14. The highest BCUT2D eigenvalue weighted by atomic mass is 35.5. The number of fused-ring (bicyclic) bond motifs is 2. The lowest BCUT2D eigenvalue weighted by Crippen LogP contribution is -2.73. The van der Waals surface area contributed by atoms with Crippen molar-refractivity contribution in [2.75, 3.05) is 19.8 Å². The summed E-state index contributed by atoms with van der Waals surface area (Å²) in [5.74, 6) is 6.30. The molecule has 1 saturated carbocycles. The second kappa shape index (κ2) is 15.3. The van der Waals surface area contributed by atoms with Crippen molar-refractivity contribution in [1.82, 2.24) is 15.1 Å². The highest BCUT2D eigenvalue weighted by Gasteiger charge is 2.56. The number of nitrogens with one attached hydrogen (secondary N) is 1. The van der Waals surface area contributed by atoms with Crippen LogP contribution in [0.15, 0.2) is 60.7 Å². The van der Waals surface area contributed by atoms with Crippen LogP contribution in [0.5, 0.6) is 11.5 Å². The van der Waals surface area contributed by atoms with Gasteiger partial charge in [-0.2, -0.15) is 0 Å². The molecule has 2 aliphatic heterocycles. The molecule has 3 atom stereocenters. The van der Waals surface area contributed by atoms with E-state index in [-0.39, 0.29) is 56.3 Å². The SMILES string of the molecule is Cc1cc(Cl)c(OCCOc2ccc([C@]34CC#C[C@@H](CN(C(=O)CCCC(=O)O)C3C(=O)N(Cc3ccccc3Cl)C3CC3)N4)cc2)cc1C. The number of carbonyl (C=O) groups excluding carboxylic acids is 2. The van der Waals surface area contributed by atoms with Gasteiger partial charge >= 0.3 is 5.97 Å². The molecule has 3 aromatic carbocycles. The minimum absolute atomic E-state index is 0.0163. The number of hydrogen-bond donors (Lipinski definition) is 2. The third-order valence-corrected chi connectivity index (χ3v) is 10.3. The smallest absolute Gasteiger partial charge is 0.303 e. The van der Waals surface area contributed by atoms with Crippen molar-refractivity contribution in [1.29, 1.82) is 0 Å². The van der Waals surface area contributed by atoms with Crippen molar-refractivity contribution < 1.29 is 29.0 Å². The lowest BCUT2D eigenvalue weighted by molar-refractivity contribution is -0.155. The maximum absolute atomic E-state index is 15.0. The second-order valence-electron chi connectivity index (χ2n) is 13.2. The molecular formula is C39H41Cl2N3O6. The largest absolute Gasteiger partial charge is 0.490 e. The van der Waals surface area contributed by atoms with Crippen LogP contribution in [0.1, 0.15) is 60.8 Å². The summed E-state index contributed by atoms with van der Waals surface area (Å²) in [7, 11) is 0. The fourth-order valence-corrected chi connectivity index (χ4v) is 7.25. The minimum Gasteiger partial charge on any atom is -0.490 e. The second-order valence-corrected chi connectivity index (χ2v) is 14.1. The van der Waals surface area contributed by atoms with Gasteiger partial charge in [-0.25, -0.2) is 0 Å². The van der Waals surface area contributed by atoms with Gasteiger partial charge in [-0.05, 0) is 85.7 Å². The van der Waals surface area contributed by atoms with E-state index in [1.165, 1.54) is 0 Å². The van der Waals surface area contributed by atoms with E-state index in [1.807, 2.05) is 79.4 Å². The van der Waals surface area contributed by atoms with Crippen LogP contribution in [0.2, 0.25) is 10.0 Å². The van der Waals surface area contributed by atoms with Gasteiger partial charge < -0.3 is 24.4 Å². The van der Waals surface area contributed by atoms with Crippen molar-refractivity contribution in [2.24, 2.45) is 0 Å². The molecule has 6 rings (SSSR count). The number of carboxylic acid groups (broad SMARTS) is 1. The number of ether oxygens (including phenoxy) is 2. The Hall–Kier alpha value is -4.23. The molecule has 3 aromatic rings. The Labute approximate surface area is 302 Å². The van der Waals surface area contributed by atoms with Crippen LogP contribution in [0.4, 0.5) is 0 Å². The number of carbonyl (C=O) groups is 3. The third kappa shape index (κ3) is 7.88. The first-order valence-electron chi connectivity index (χ1n) is 17.0. The Morgan fingerprint density at radius 3 is 2.42 bits per heavy atom. The Bertz CT molecular complexity index is 1820. The van der Waals surface area contributed by atoms with Gasteiger partial charge in [0.1, 0.15) is 30.8 Å². The number of amides is 2. The summed E-state index contributed by atoms with van der Waals surface area (Å²) in [6, 6.07) is 17.6. The summed E-state index contributed by atoms with van der Waals surface area (Å²) in [5, 5.41) is 14.0. The zero-order valence-corrected chi connectivity index (χ0v) is 29.7. The van der Waals surface area contributed by atoms with E-state index in [0.29, 0.717) is 41.1 Å². The quantitative estimate of drug-likeness (QED) is 0.149. The molecule has 50 heavy (non-hydrogen) atoms. The van der Waals surface area contributed by atoms with E-state index in [1.54, 1.807) is 4.90 Å². The van der Waals surface area contributed by atoms with Crippen LogP contribution in [0.3, 0.4) is 0 Å². The number of aryl methyl sites for hydroxylation is 2. The van der Waals surface area contributed by atoms with Gasteiger partial charge in [-0.15, -0.1) is 0 Å². The Balaban J connectivity index is 1.26. The Kier molecular flexibility index (Phi) is 10.9. The van der Waals surface area contributed by atoms with Crippen LogP contribution in [0, 0.1) is 25.7 Å². The van der Waals surface area contributed by atoms with E-state index >= 15 is 0 Å². The normalized spacial score (nSPS) is 20.8. The number of benzene rings is 3. The minimum atomic E-state index is -1.01. The molecule has 9 nitrogen and oxygen atoms in total. The Morgan fingerprint density at radius 2 is 1.70 bits per heavy atom. The van der Waals surface area contributed by atoms with Crippen LogP contribution in [-0.4, -0.2) is 70.6 Å². The molecule has 1 unspecified atom stereocenters. The van der Waals surface area contributed by atoms with Crippen LogP contribution in [-0.2, 0) is 26.5 Å². The first-order valence-corrected chi connectivity index (χ1v) is 17.8. The number of halogens is 2. The maximum atomic E-state index is 15.0. The van der Waals surface area contributed by atoms with E-state index in [0.717, 1.165) is 35.1 Å². The number of nitrogens with zero attached hydrogens (tertiary/aromatic N) is 2. The standard InChI is InChI=1S/C39H41Cl2N3O6/c1-25-21-33(41)34(22-26(25)2)50-20-19-49-31-16-12-28(13-17-31)39-18-6-8-29(42-39)24-44(35(45)10-5-11-36(46)47)37(39)38(48)43(30-14-15-30)23-27-7-3-4-9-32(27)40/h3-4,7,9,12-13,16-17,21-22,29-30,37,42H,5,10-11,14-15,18-20,23-24H2,1-2H3,(H,46,47)/t29-,37?,39+/m0/s1. The molecule has 2 heterocycles. The number of carboxylic acids is 1. The zero-order chi connectivity index (χ0) is 35.4. The van der Waals surface area contributed by atoms with Gasteiger partial charge in [0.15, 0.2) is 0 Å². The maximum Gasteiger partial charge on any atom is 0.303 e. The zero-order valence-electron chi connectivity index (χ0n) is 28.2. The summed E-state index contributed by atoms with van der Waals surface area (Å²) < 4.78 is 11.9. The average Bonchev–Trinajstić information content (AvgIpc) is 3.93. The molecule has 2 bridgehead atoms. The third-order valence-electron chi connectivity index (χ3n) is 9.67. The molecule has 1 saturated heterocycles. The molecule has 3 aliphatic rings. The summed E-state index contributed by atoms with van der Waals surface area (Å²) in [6.07, 6.45) is 2.10. The molecule has 11 heteroatoms. The lowest BCUT2D eigenvalue weighted by atomic mass is 9.74. The van der Waals surface area contributed by atoms with Crippen molar-refractivity contribution >= 4 is 41.0 Å². The highest BCUT2D eigenvalue weighted by Crippen LogP contribution is 2.41. The number of hydrogen-bond acceptors (Lipinski definition) is 6. The molecule has 262 valence electrons. The van der Waals surface area contributed by atoms with Gasteiger partial charge in [0.25, 0.3) is 0 Å². The van der Waals surface area contributed by atoms with Crippen molar-refractivity contribution in [3.63, 3.8) is 0 Å². The predicted octanol–water partition coefficient (Wildman–Crippen LogP) is 6.29. The van der Waals surface area contributed by atoms with Crippen molar-refractivity contribution in [3.8, 4) is 23.3 Å². The van der Waals surface area contributed by atoms with E-state index in [2.05, 4.69) is 17.2 Å². The van der Waals surface area contributed by atoms with Crippen LogP contribution in [0.25, 0.3) is 0 Å². The fraction of sp³-hybridized carbons (Fsp3) is 0.410. The first kappa shape index (κ1) is 35.6. The lowest BCUT2D eigenvalue weighted by Gasteiger charge is -2.53. The Morgan fingerprint density at radius 1 is 0.980 bits per heavy atom. The molecule has 0 aromatic heterocycles. The van der Waals surface area contributed by atoms with E-state index in [4.69, 9.17) is 32.7 Å². The van der Waals surface area contributed by atoms with Gasteiger partial charge in [-0.3, -0.25) is 19.7 Å². The predicted molar refractivity (Wildman–Crippen MR) is 191 cm³/mol. The van der Waals surface area contributed by atoms with E-state index < -0.39 is 17.6 Å². The average molecular weight is 719 g/mol. The number of piperazine rings is 1. The van der Waals surface area contributed by atoms with Gasteiger partial charge in [0, 0.05) is 43.4 Å². The molecular weight excluding hydrogens is 677 g/mol. The number of aliphatic carboxylic acids is 1. The molecule has 2 N–H and O–H groups in total. The van der Waals surface area contributed by atoms with Gasteiger partial charge in [0.2, 0.25) is 11.8 Å². The highest BCUT2D eigenvalue weighted by molar-refractivity contribution is 6.32. The molecule has 0 radical (unpaired) electrons. The van der Waals surface area contributed by atoms with Gasteiger partial charge in [0.05, 0.1) is 16.6 Å². The summed E-state index contributed by atoms with van der Waals surface area (Å²) in [4.78, 5) is 43.6. The van der Waals surface area contributed by atoms with Crippen LogP contribution < -0.4 is 14.8 Å². The first-order chi connectivity index (χ1) is 24.1. The van der Waals surface area contributed by atoms with Crippen molar-refractivity contribution in [3.05, 3.63) is 93.0 Å². The summed E-state index contributed by atoms with van der Waals surface area (Å²) in [6.45, 7) is 5.12. The fourth-order valence-electron chi connectivity index (χ4n) is 6.78. The monoisotopic (exact) mass is 717 g/mol. The molecule has 0 spiro atoms. The summed E-state index contributed by atoms with van der Waals surface area (Å²) in [5.41, 5.74) is 2.81. The molecule has 2 amide bonds. The topological polar surface area (TPSA) is 108 Å². The van der Waals surface area contributed by atoms with Gasteiger partial charge in [-0.1, -0.05) is 65.4 Å². The summed E-state index contributed by atoms with van der Waals surface area (Å²) >= 11 is 12.9.